The van der Waals surface area contributed by atoms with E-state index in [1.807, 2.05) is 12.1 Å². The van der Waals surface area contributed by atoms with E-state index in [9.17, 15) is 0 Å². The average Bonchev–Trinajstić information content (AvgIpc) is 3.05. The summed E-state index contributed by atoms with van der Waals surface area (Å²) in [6, 6.07) is 3.87. The molecule has 1 aliphatic rings. The van der Waals surface area contributed by atoms with Gasteiger partial charge in [-0.15, -0.1) is 0 Å². The number of hydrogen-bond donors (Lipinski definition) is 2. The van der Waals surface area contributed by atoms with Gasteiger partial charge < -0.3 is 9.84 Å². The van der Waals surface area contributed by atoms with Crippen LogP contribution >= 0.6 is 0 Å². The normalized spacial score (nSPS) is 13.7. The molecule has 0 aliphatic heterocycles. The standard InChI is InChI=1S/C13H16N4O/c1-2-8-6-7-11(18-8)13-15-10-5-3-4-9(10)12(16-13)17-14/h6-7H,2-5,14H2,1H3,(H,15,16,17). The SMILES string of the molecule is CCc1ccc(-c2nc3c(c(NN)n2)CCC3)o1. The van der Waals surface area contributed by atoms with Gasteiger partial charge in [0.15, 0.2) is 11.6 Å². The van der Waals surface area contributed by atoms with Crippen LogP contribution in [0.5, 0.6) is 0 Å². The van der Waals surface area contributed by atoms with E-state index in [2.05, 4.69) is 22.3 Å². The van der Waals surface area contributed by atoms with Crippen LogP contribution in [0.4, 0.5) is 5.82 Å². The zero-order valence-corrected chi connectivity index (χ0v) is 10.4. The van der Waals surface area contributed by atoms with E-state index in [-0.39, 0.29) is 0 Å². The van der Waals surface area contributed by atoms with Crippen molar-refractivity contribution in [2.24, 2.45) is 5.84 Å². The minimum Gasteiger partial charge on any atom is -0.458 e. The number of fused-ring (bicyclic) bond motifs is 1. The van der Waals surface area contributed by atoms with Crippen LogP contribution in [0.3, 0.4) is 0 Å². The highest BCUT2D eigenvalue weighted by Gasteiger charge is 2.20. The summed E-state index contributed by atoms with van der Waals surface area (Å²) >= 11 is 0. The fourth-order valence-corrected chi connectivity index (χ4v) is 2.35. The van der Waals surface area contributed by atoms with E-state index in [1.165, 1.54) is 0 Å². The molecule has 0 unspecified atom stereocenters. The summed E-state index contributed by atoms with van der Waals surface area (Å²) < 4.78 is 5.68. The molecule has 0 radical (unpaired) electrons. The van der Waals surface area contributed by atoms with E-state index in [0.717, 1.165) is 48.5 Å². The Hall–Kier alpha value is -1.88. The average molecular weight is 244 g/mol. The van der Waals surface area contributed by atoms with Gasteiger partial charge in [0.25, 0.3) is 0 Å². The highest BCUT2D eigenvalue weighted by Crippen LogP contribution is 2.29. The van der Waals surface area contributed by atoms with Crippen LogP contribution in [-0.2, 0) is 19.3 Å². The van der Waals surface area contributed by atoms with Gasteiger partial charge in [-0.05, 0) is 31.4 Å². The first-order chi connectivity index (χ1) is 8.81. The Bertz CT molecular complexity index is 576. The lowest BCUT2D eigenvalue weighted by atomic mass is 10.2. The van der Waals surface area contributed by atoms with Crippen LogP contribution in [-0.4, -0.2) is 9.97 Å². The van der Waals surface area contributed by atoms with Crippen molar-refractivity contribution in [2.45, 2.75) is 32.6 Å². The van der Waals surface area contributed by atoms with Crippen molar-refractivity contribution in [3.8, 4) is 11.6 Å². The lowest BCUT2D eigenvalue weighted by Gasteiger charge is -2.07. The third-order valence-electron chi connectivity index (χ3n) is 3.30. The van der Waals surface area contributed by atoms with Crippen molar-refractivity contribution in [2.75, 3.05) is 5.43 Å². The van der Waals surface area contributed by atoms with Crippen LogP contribution < -0.4 is 11.3 Å². The quantitative estimate of drug-likeness (QED) is 0.638. The van der Waals surface area contributed by atoms with Gasteiger partial charge in [0.1, 0.15) is 11.6 Å². The highest BCUT2D eigenvalue weighted by molar-refractivity contribution is 5.56. The minimum absolute atomic E-state index is 0.614. The summed E-state index contributed by atoms with van der Waals surface area (Å²) in [4.78, 5) is 9.02. The fourth-order valence-electron chi connectivity index (χ4n) is 2.35. The topological polar surface area (TPSA) is 77.0 Å². The Morgan fingerprint density at radius 3 is 2.94 bits per heavy atom. The number of hydrazine groups is 1. The zero-order valence-electron chi connectivity index (χ0n) is 10.4. The van der Waals surface area contributed by atoms with Gasteiger partial charge in [-0.2, -0.15) is 0 Å². The Labute approximate surface area is 105 Å². The van der Waals surface area contributed by atoms with Crippen molar-refractivity contribution < 1.29 is 4.42 Å². The molecule has 5 nitrogen and oxygen atoms in total. The monoisotopic (exact) mass is 244 g/mol. The number of anilines is 1. The third-order valence-corrected chi connectivity index (χ3v) is 3.30. The molecule has 2 heterocycles. The second-order valence-corrected chi connectivity index (χ2v) is 4.44. The second kappa shape index (κ2) is 4.42. The molecule has 2 aromatic rings. The number of nitrogen functional groups attached to an aromatic ring is 1. The first-order valence-corrected chi connectivity index (χ1v) is 6.27. The molecule has 5 heteroatoms. The lowest BCUT2D eigenvalue weighted by Crippen LogP contribution is -2.12. The van der Waals surface area contributed by atoms with Gasteiger partial charge in [0.05, 0.1) is 0 Å². The first kappa shape index (κ1) is 11.2. The van der Waals surface area contributed by atoms with Crippen LogP contribution in [0, 0.1) is 0 Å². The van der Waals surface area contributed by atoms with Crippen molar-refractivity contribution in [3.63, 3.8) is 0 Å². The van der Waals surface area contributed by atoms with Gasteiger partial charge >= 0.3 is 0 Å². The minimum atomic E-state index is 0.614. The molecule has 0 amide bonds. The Morgan fingerprint density at radius 2 is 2.22 bits per heavy atom. The van der Waals surface area contributed by atoms with Gasteiger partial charge in [-0.25, -0.2) is 15.8 Å². The molecule has 1 aliphatic carbocycles. The molecular weight excluding hydrogens is 228 g/mol. The molecule has 3 rings (SSSR count). The molecule has 0 spiro atoms. The van der Waals surface area contributed by atoms with Crippen molar-refractivity contribution in [1.82, 2.24) is 9.97 Å². The van der Waals surface area contributed by atoms with E-state index in [4.69, 9.17) is 10.3 Å². The van der Waals surface area contributed by atoms with Gasteiger partial charge in [0.2, 0.25) is 0 Å². The third kappa shape index (κ3) is 1.76. The number of nitrogens with one attached hydrogen (secondary N) is 1. The van der Waals surface area contributed by atoms with E-state index < -0.39 is 0 Å². The molecule has 0 fully saturated rings. The van der Waals surface area contributed by atoms with Gasteiger partial charge in [-0.1, -0.05) is 6.92 Å². The molecule has 0 bridgehead atoms. The zero-order chi connectivity index (χ0) is 12.5. The number of nitrogens with two attached hydrogens (primary N) is 1. The van der Waals surface area contributed by atoms with Crippen LogP contribution in [0.25, 0.3) is 11.6 Å². The number of nitrogens with zero attached hydrogens (tertiary/aromatic N) is 2. The first-order valence-electron chi connectivity index (χ1n) is 6.27. The molecule has 0 saturated heterocycles. The maximum Gasteiger partial charge on any atom is 0.197 e. The molecular formula is C13H16N4O. The largest absolute Gasteiger partial charge is 0.458 e. The van der Waals surface area contributed by atoms with Crippen molar-refractivity contribution >= 4 is 5.82 Å². The summed E-state index contributed by atoms with van der Waals surface area (Å²) in [5, 5.41) is 0. The number of furan rings is 1. The van der Waals surface area contributed by atoms with E-state index >= 15 is 0 Å². The summed E-state index contributed by atoms with van der Waals surface area (Å²) in [5.41, 5.74) is 4.89. The number of hydrogen-bond acceptors (Lipinski definition) is 5. The summed E-state index contributed by atoms with van der Waals surface area (Å²) in [6.07, 6.45) is 3.96. The number of aryl methyl sites for hydroxylation is 2. The smallest absolute Gasteiger partial charge is 0.197 e. The molecule has 0 saturated carbocycles. The Morgan fingerprint density at radius 1 is 1.33 bits per heavy atom. The van der Waals surface area contributed by atoms with Gasteiger partial charge in [0, 0.05) is 17.7 Å². The number of aromatic nitrogens is 2. The molecule has 18 heavy (non-hydrogen) atoms. The van der Waals surface area contributed by atoms with E-state index in [1.54, 1.807) is 0 Å². The van der Waals surface area contributed by atoms with Crippen LogP contribution in [0.2, 0.25) is 0 Å². The molecule has 3 N–H and O–H groups in total. The van der Waals surface area contributed by atoms with Crippen molar-refractivity contribution in [3.05, 3.63) is 29.2 Å². The predicted octanol–water partition coefficient (Wildman–Crippen LogP) is 2.07. The summed E-state index contributed by atoms with van der Waals surface area (Å²) in [6.45, 7) is 2.05. The molecule has 0 atom stereocenters. The molecule has 0 aromatic carbocycles. The predicted molar refractivity (Wildman–Crippen MR) is 68.9 cm³/mol. The van der Waals surface area contributed by atoms with Crippen LogP contribution in [0.1, 0.15) is 30.4 Å². The summed E-state index contributed by atoms with van der Waals surface area (Å²) in [5.74, 6) is 8.52. The highest BCUT2D eigenvalue weighted by atomic mass is 16.3. The Kier molecular flexibility index (Phi) is 2.76. The maximum atomic E-state index is 5.68. The Balaban J connectivity index is 2.07. The van der Waals surface area contributed by atoms with Crippen molar-refractivity contribution in [1.29, 1.82) is 0 Å². The van der Waals surface area contributed by atoms with Crippen LogP contribution in [0.15, 0.2) is 16.5 Å². The fraction of sp³-hybridized carbons (Fsp3) is 0.385. The number of rotatable bonds is 3. The summed E-state index contributed by atoms with van der Waals surface area (Å²) in [7, 11) is 0. The molecule has 94 valence electrons. The maximum absolute atomic E-state index is 5.68. The van der Waals surface area contributed by atoms with E-state index in [0.29, 0.717) is 11.6 Å². The molecule has 2 aromatic heterocycles. The lowest BCUT2D eigenvalue weighted by molar-refractivity contribution is 0.525. The van der Waals surface area contributed by atoms with Gasteiger partial charge in [-0.3, -0.25) is 0 Å². The second-order valence-electron chi connectivity index (χ2n) is 4.44.